The summed E-state index contributed by atoms with van der Waals surface area (Å²) in [4.78, 5) is 24.6. The molecule has 0 radical (unpaired) electrons. The number of hydrazine groups is 1. The zero-order valence-electron chi connectivity index (χ0n) is 21.5. The van der Waals surface area contributed by atoms with Crippen LogP contribution in [0.1, 0.15) is 39.7 Å². The predicted octanol–water partition coefficient (Wildman–Crippen LogP) is 3.88. The first-order chi connectivity index (χ1) is 19.4. The molecule has 1 fully saturated rings. The summed E-state index contributed by atoms with van der Waals surface area (Å²) in [6.07, 6.45) is -0.653. The Morgan fingerprint density at radius 1 is 1.23 bits per heavy atom. The molecule has 3 aromatic rings. The minimum Gasteiger partial charge on any atom is -0.497 e. The fourth-order valence-electron chi connectivity index (χ4n) is 5.02. The number of carbonyl (C=O) groups excluding carboxylic acids is 1. The minimum atomic E-state index is -0.747. The zero-order chi connectivity index (χ0) is 28.4. The molecule has 2 aromatic carbocycles. The van der Waals surface area contributed by atoms with Crippen molar-refractivity contribution in [2.45, 2.75) is 25.1 Å². The maximum Gasteiger partial charge on any atom is 0.354 e. The van der Waals surface area contributed by atoms with Gasteiger partial charge >= 0.3 is 11.7 Å². The Labute approximate surface area is 233 Å². The van der Waals surface area contributed by atoms with Crippen LogP contribution in [-0.4, -0.2) is 30.8 Å². The monoisotopic (exact) mass is 563 g/mol. The third-order valence-corrected chi connectivity index (χ3v) is 7.61. The number of esters is 1. The van der Waals surface area contributed by atoms with Crippen molar-refractivity contribution in [1.29, 1.82) is 5.26 Å². The molecule has 12 nitrogen and oxygen atoms in total. The number of nitrogens with two attached hydrogens (primary N) is 1. The highest BCUT2D eigenvalue weighted by Crippen LogP contribution is 2.50. The van der Waals surface area contributed by atoms with Gasteiger partial charge < -0.3 is 24.7 Å². The fraction of sp³-hybridized carbons (Fsp3) is 0.259. The number of nitro groups is 1. The van der Waals surface area contributed by atoms with E-state index in [0.717, 1.165) is 16.9 Å². The number of nitrogens with zero attached hydrogens (tertiary/aromatic N) is 2. The molecular weight excluding hydrogens is 538 g/mol. The van der Waals surface area contributed by atoms with Crippen molar-refractivity contribution in [3.05, 3.63) is 91.5 Å². The maximum atomic E-state index is 12.7. The molecule has 2 aliphatic rings. The number of hydrogen-bond acceptors (Lipinski definition) is 12. The smallest absolute Gasteiger partial charge is 0.354 e. The average molecular weight is 564 g/mol. The lowest BCUT2D eigenvalue weighted by Gasteiger charge is -2.36. The topological polar surface area (TPSA) is 171 Å². The number of allylic oxidation sites excluding steroid dienone is 1. The second kappa shape index (κ2) is 11.2. The van der Waals surface area contributed by atoms with Crippen LogP contribution in [0, 0.1) is 27.4 Å². The van der Waals surface area contributed by atoms with E-state index in [1.165, 1.54) is 6.07 Å². The summed E-state index contributed by atoms with van der Waals surface area (Å²) >= 11 is 1.15. The molecule has 40 heavy (non-hydrogen) atoms. The summed E-state index contributed by atoms with van der Waals surface area (Å²) in [7, 11) is 1.57. The molecular formula is C27H25N5O7S. The highest BCUT2D eigenvalue weighted by molar-refractivity contribution is 7.12. The van der Waals surface area contributed by atoms with Gasteiger partial charge in [0.25, 0.3) is 0 Å². The van der Waals surface area contributed by atoms with Gasteiger partial charge in [0.05, 0.1) is 30.3 Å². The molecule has 4 atom stereocenters. The SMILES string of the molecule is CCOc1cc(C2C(C#N)=C(N)OC3NNC(c4ccc(OC)cc4)C32)cc([N+](=O)[O-])c1OC(=O)c1cccs1. The van der Waals surface area contributed by atoms with Crippen LogP contribution in [0.5, 0.6) is 17.2 Å². The standard InChI is InChI=1S/C27H25N5O7S/c1-3-37-19-12-15(11-18(32(34)35)24(19)38-27(33)20-5-4-10-40-20)21-17(13-28)25(29)39-26-22(21)23(30-31-26)14-6-8-16(36-2)9-7-14/h4-12,21-23,26,30-31H,3,29H2,1-2H3. The number of benzene rings is 2. The van der Waals surface area contributed by atoms with Gasteiger partial charge in [0.15, 0.2) is 12.0 Å². The van der Waals surface area contributed by atoms with Gasteiger partial charge in [-0.3, -0.25) is 10.1 Å². The molecule has 2 aliphatic heterocycles. The first-order valence-corrected chi connectivity index (χ1v) is 13.2. The molecule has 0 amide bonds. The number of fused-ring (bicyclic) bond motifs is 1. The number of thiophene rings is 1. The summed E-state index contributed by atoms with van der Waals surface area (Å²) in [6.45, 7) is 1.85. The van der Waals surface area contributed by atoms with Crippen molar-refractivity contribution in [2.75, 3.05) is 13.7 Å². The molecule has 3 heterocycles. The van der Waals surface area contributed by atoms with Gasteiger partial charge in [-0.15, -0.1) is 11.3 Å². The quantitative estimate of drug-likeness (QED) is 0.157. The van der Waals surface area contributed by atoms with Gasteiger partial charge in [0, 0.05) is 17.9 Å². The van der Waals surface area contributed by atoms with Gasteiger partial charge in [0.1, 0.15) is 16.7 Å². The minimum absolute atomic E-state index is 0.00424. The highest BCUT2D eigenvalue weighted by Gasteiger charge is 2.50. The van der Waals surface area contributed by atoms with Gasteiger partial charge in [-0.05, 0) is 47.7 Å². The summed E-state index contributed by atoms with van der Waals surface area (Å²) in [5.74, 6) is -1.68. The van der Waals surface area contributed by atoms with E-state index in [1.807, 2.05) is 24.3 Å². The van der Waals surface area contributed by atoms with E-state index in [2.05, 4.69) is 16.9 Å². The Hall–Kier alpha value is -4.64. The molecule has 1 aromatic heterocycles. The molecule has 1 saturated heterocycles. The van der Waals surface area contributed by atoms with Crippen LogP contribution in [0.4, 0.5) is 5.69 Å². The van der Waals surface area contributed by atoms with Crippen molar-refractivity contribution in [3.63, 3.8) is 0 Å². The predicted molar refractivity (Wildman–Crippen MR) is 143 cm³/mol. The Morgan fingerprint density at radius 3 is 2.62 bits per heavy atom. The van der Waals surface area contributed by atoms with E-state index < -0.39 is 34.6 Å². The summed E-state index contributed by atoms with van der Waals surface area (Å²) in [5, 5.41) is 24.1. The van der Waals surface area contributed by atoms with Crippen molar-refractivity contribution in [3.8, 4) is 23.3 Å². The largest absolute Gasteiger partial charge is 0.497 e. The van der Waals surface area contributed by atoms with Crippen LogP contribution in [0.25, 0.3) is 0 Å². The number of nitro benzene ring substituents is 1. The van der Waals surface area contributed by atoms with Crippen molar-refractivity contribution >= 4 is 23.0 Å². The molecule has 13 heteroatoms. The third-order valence-electron chi connectivity index (χ3n) is 6.76. The molecule has 5 rings (SSSR count). The van der Waals surface area contributed by atoms with E-state index in [0.29, 0.717) is 11.3 Å². The maximum absolute atomic E-state index is 12.7. The van der Waals surface area contributed by atoms with Crippen molar-refractivity contribution in [1.82, 2.24) is 10.9 Å². The number of hydrogen-bond donors (Lipinski definition) is 3. The lowest BCUT2D eigenvalue weighted by atomic mass is 9.74. The van der Waals surface area contributed by atoms with E-state index in [4.69, 9.17) is 24.7 Å². The molecule has 206 valence electrons. The lowest BCUT2D eigenvalue weighted by molar-refractivity contribution is -0.385. The zero-order valence-corrected chi connectivity index (χ0v) is 22.3. The van der Waals surface area contributed by atoms with Crippen LogP contribution >= 0.6 is 11.3 Å². The van der Waals surface area contributed by atoms with E-state index in [1.54, 1.807) is 37.6 Å². The lowest BCUT2D eigenvalue weighted by Crippen LogP contribution is -2.41. The van der Waals surface area contributed by atoms with Crippen LogP contribution in [0.15, 0.2) is 65.4 Å². The number of nitrogens with one attached hydrogen (secondary N) is 2. The van der Waals surface area contributed by atoms with Crippen LogP contribution in [0.2, 0.25) is 0 Å². The second-order valence-corrected chi connectivity index (χ2v) is 9.89. The Balaban J connectivity index is 1.63. The first-order valence-electron chi connectivity index (χ1n) is 12.3. The van der Waals surface area contributed by atoms with E-state index in [9.17, 15) is 20.2 Å². The number of nitriles is 1. The van der Waals surface area contributed by atoms with Gasteiger partial charge in [0.2, 0.25) is 11.6 Å². The second-order valence-electron chi connectivity index (χ2n) is 8.95. The average Bonchev–Trinajstić information content (AvgIpc) is 3.64. The molecule has 0 bridgehead atoms. The fourth-order valence-corrected chi connectivity index (χ4v) is 5.62. The molecule has 0 spiro atoms. The molecule has 4 N–H and O–H groups in total. The summed E-state index contributed by atoms with van der Waals surface area (Å²) in [5.41, 5.74) is 13.3. The van der Waals surface area contributed by atoms with Crippen LogP contribution < -0.4 is 30.8 Å². The molecule has 0 saturated carbocycles. The summed E-state index contributed by atoms with van der Waals surface area (Å²) in [6, 6.07) is 15.2. The molecule has 0 aliphatic carbocycles. The number of methoxy groups -OCH3 is 1. The normalized spacial score (nSPS) is 21.6. The van der Waals surface area contributed by atoms with Gasteiger partial charge in [-0.1, -0.05) is 18.2 Å². The Morgan fingerprint density at radius 2 is 2.00 bits per heavy atom. The third kappa shape index (κ3) is 4.91. The Kier molecular flexibility index (Phi) is 7.56. The van der Waals surface area contributed by atoms with Crippen molar-refractivity contribution < 1.29 is 28.7 Å². The summed E-state index contributed by atoms with van der Waals surface area (Å²) < 4.78 is 22.3. The number of carbonyl (C=O) groups is 1. The first kappa shape index (κ1) is 26.9. The van der Waals surface area contributed by atoms with Crippen molar-refractivity contribution in [2.24, 2.45) is 11.7 Å². The van der Waals surface area contributed by atoms with E-state index >= 15 is 0 Å². The Bertz CT molecular complexity index is 1500. The number of ether oxygens (including phenoxy) is 4. The van der Waals surface area contributed by atoms with E-state index in [-0.39, 0.29) is 40.5 Å². The molecule has 4 unspecified atom stereocenters. The van der Waals surface area contributed by atoms with Crippen LogP contribution in [-0.2, 0) is 4.74 Å². The van der Waals surface area contributed by atoms with Crippen LogP contribution in [0.3, 0.4) is 0 Å². The number of rotatable bonds is 8. The van der Waals surface area contributed by atoms with Gasteiger partial charge in [-0.2, -0.15) is 5.26 Å². The van der Waals surface area contributed by atoms with Gasteiger partial charge in [-0.25, -0.2) is 15.6 Å². The highest BCUT2D eigenvalue weighted by atomic mass is 32.1.